The van der Waals surface area contributed by atoms with Crippen molar-refractivity contribution >= 4 is 22.5 Å². The Morgan fingerprint density at radius 2 is 1.87 bits per heavy atom. The summed E-state index contributed by atoms with van der Waals surface area (Å²) in [6, 6.07) is 8.56. The molecule has 30 heavy (non-hydrogen) atoms. The second-order valence-corrected chi connectivity index (χ2v) is 8.38. The van der Waals surface area contributed by atoms with Gasteiger partial charge in [0, 0.05) is 29.4 Å². The van der Waals surface area contributed by atoms with Crippen LogP contribution in [0.3, 0.4) is 0 Å². The molecule has 0 radical (unpaired) electrons. The first kappa shape index (κ1) is 20.3. The van der Waals surface area contributed by atoms with Crippen LogP contribution in [0.5, 0.6) is 0 Å². The molecular weight excluding hydrogens is 402 g/mol. The largest absolute Gasteiger partial charge is 0.388 e. The number of fused-ring (bicyclic) bond motifs is 1. The maximum atomic E-state index is 13.4. The fourth-order valence-corrected chi connectivity index (χ4v) is 3.40. The molecule has 3 aromatic heterocycles. The van der Waals surface area contributed by atoms with Crippen LogP contribution in [0, 0.1) is 0 Å². The normalized spacial score (nSPS) is 13.0. The Kier molecular flexibility index (Phi) is 4.95. The molecule has 4 rings (SSSR count). The zero-order valence-corrected chi connectivity index (χ0v) is 17.9. The molecule has 0 aliphatic heterocycles. The Morgan fingerprint density at radius 1 is 1.17 bits per heavy atom. The molecule has 3 heterocycles. The number of aryl methyl sites for hydroxylation is 1. The summed E-state index contributed by atoms with van der Waals surface area (Å²) in [4.78, 5) is 22.7. The molecule has 4 aromatic rings. The van der Waals surface area contributed by atoms with E-state index >= 15 is 0 Å². The number of pyridine rings is 1. The van der Waals surface area contributed by atoms with Crippen LogP contribution in [0.25, 0.3) is 33.4 Å². The highest BCUT2D eigenvalue weighted by molar-refractivity contribution is 6.30. The first-order valence-corrected chi connectivity index (χ1v) is 9.92. The molecule has 0 spiro atoms. The van der Waals surface area contributed by atoms with Gasteiger partial charge in [0.05, 0.1) is 35.2 Å². The van der Waals surface area contributed by atoms with Crippen molar-refractivity contribution in [2.24, 2.45) is 7.05 Å². The smallest absolute Gasteiger partial charge is 0.261 e. The van der Waals surface area contributed by atoms with Crippen molar-refractivity contribution in [1.82, 2.24) is 24.3 Å². The highest BCUT2D eigenvalue weighted by Gasteiger charge is 2.26. The van der Waals surface area contributed by atoms with Gasteiger partial charge in [0.1, 0.15) is 11.2 Å². The van der Waals surface area contributed by atoms with Crippen LogP contribution in [-0.2, 0) is 7.05 Å². The van der Waals surface area contributed by atoms with Crippen molar-refractivity contribution in [3.8, 4) is 22.5 Å². The number of rotatable bonds is 4. The lowest BCUT2D eigenvalue weighted by Gasteiger charge is -2.27. The molecular formula is C22H22ClN5O2. The van der Waals surface area contributed by atoms with Gasteiger partial charge in [0.25, 0.3) is 5.56 Å². The topological polar surface area (TPSA) is 85.8 Å². The van der Waals surface area contributed by atoms with Gasteiger partial charge < -0.3 is 5.11 Å². The van der Waals surface area contributed by atoms with E-state index in [-0.39, 0.29) is 5.56 Å². The lowest BCUT2D eigenvalue weighted by Crippen LogP contribution is -2.37. The molecule has 0 saturated carbocycles. The van der Waals surface area contributed by atoms with Crippen molar-refractivity contribution in [2.75, 3.05) is 0 Å². The zero-order chi connectivity index (χ0) is 21.6. The van der Waals surface area contributed by atoms with Crippen molar-refractivity contribution in [3.05, 3.63) is 64.4 Å². The van der Waals surface area contributed by atoms with Gasteiger partial charge in [-0.2, -0.15) is 5.10 Å². The quantitative estimate of drug-likeness (QED) is 0.539. The molecule has 0 amide bonds. The van der Waals surface area contributed by atoms with E-state index < -0.39 is 11.6 Å². The summed E-state index contributed by atoms with van der Waals surface area (Å²) in [5, 5.41) is 15.7. The van der Waals surface area contributed by atoms with E-state index in [1.54, 1.807) is 49.8 Å². The van der Waals surface area contributed by atoms with Crippen LogP contribution < -0.4 is 5.56 Å². The van der Waals surface area contributed by atoms with Crippen LogP contribution in [0.1, 0.15) is 26.8 Å². The van der Waals surface area contributed by atoms with Gasteiger partial charge in [-0.3, -0.25) is 14.0 Å². The molecule has 0 bridgehead atoms. The maximum absolute atomic E-state index is 13.4. The van der Waals surface area contributed by atoms with Gasteiger partial charge in [0.15, 0.2) is 0 Å². The summed E-state index contributed by atoms with van der Waals surface area (Å²) < 4.78 is 3.14. The number of hydrogen-bond donors (Lipinski definition) is 1. The predicted octanol–water partition coefficient (Wildman–Crippen LogP) is 3.84. The van der Waals surface area contributed by atoms with E-state index in [2.05, 4.69) is 10.1 Å². The SMILES string of the molecule is C[C@H](n1cnc2c(-c3cnn(C)c3)nc(-c3ccc(Cl)cc3)cc2c1=O)C(C)(C)O. The highest BCUT2D eigenvalue weighted by Crippen LogP contribution is 2.30. The molecule has 0 fully saturated rings. The number of hydrogen-bond acceptors (Lipinski definition) is 5. The third-order valence-electron chi connectivity index (χ3n) is 5.33. The van der Waals surface area contributed by atoms with Gasteiger partial charge in [-0.15, -0.1) is 0 Å². The molecule has 0 aliphatic carbocycles. The average Bonchev–Trinajstić information content (AvgIpc) is 3.13. The second-order valence-electron chi connectivity index (χ2n) is 7.95. The van der Waals surface area contributed by atoms with Crippen LogP contribution in [-0.4, -0.2) is 35.0 Å². The van der Waals surface area contributed by atoms with Gasteiger partial charge in [-0.25, -0.2) is 9.97 Å². The Labute approximate surface area is 178 Å². The van der Waals surface area contributed by atoms with E-state index in [1.165, 1.54) is 10.9 Å². The first-order chi connectivity index (χ1) is 14.1. The molecule has 0 aliphatic rings. The Morgan fingerprint density at radius 3 is 2.47 bits per heavy atom. The minimum atomic E-state index is -1.09. The van der Waals surface area contributed by atoms with Crippen molar-refractivity contribution < 1.29 is 5.11 Å². The van der Waals surface area contributed by atoms with Crippen LogP contribution in [0.15, 0.2) is 53.8 Å². The Balaban J connectivity index is 2.03. The summed E-state index contributed by atoms with van der Waals surface area (Å²) in [5.41, 5.74) is 1.96. The molecule has 154 valence electrons. The summed E-state index contributed by atoms with van der Waals surface area (Å²) in [6.07, 6.45) is 5.00. The number of halogens is 1. The Hall–Kier alpha value is -3.03. The molecule has 8 heteroatoms. The van der Waals surface area contributed by atoms with Gasteiger partial charge >= 0.3 is 0 Å². The van der Waals surface area contributed by atoms with Crippen LogP contribution in [0.4, 0.5) is 0 Å². The minimum absolute atomic E-state index is 0.239. The molecule has 0 unspecified atom stereocenters. The van der Waals surface area contributed by atoms with E-state index in [4.69, 9.17) is 16.6 Å². The van der Waals surface area contributed by atoms with Gasteiger partial charge in [0.2, 0.25) is 0 Å². The van der Waals surface area contributed by atoms with E-state index in [9.17, 15) is 9.90 Å². The summed E-state index contributed by atoms with van der Waals surface area (Å²) in [7, 11) is 1.82. The lowest BCUT2D eigenvalue weighted by molar-refractivity contribution is 0.0290. The van der Waals surface area contributed by atoms with Crippen LogP contribution >= 0.6 is 11.6 Å². The number of aromatic nitrogens is 5. The van der Waals surface area contributed by atoms with Crippen molar-refractivity contribution in [3.63, 3.8) is 0 Å². The third kappa shape index (κ3) is 3.62. The van der Waals surface area contributed by atoms with Crippen LogP contribution in [0.2, 0.25) is 5.02 Å². The third-order valence-corrected chi connectivity index (χ3v) is 5.58. The molecule has 0 saturated heterocycles. The van der Waals surface area contributed by atoms with E-state index in [0.29, 0.717) is 27.3 Å². The fourth-order valence-electron chi connectivity index (χ4n) is 3.27. The second kappa shape index (κ2) is 7.34. The van der Waals surface area contributed by atoms with E-state index in [1.807, 2.05) is 25.4 Å². The summed E-state index contributed by atoms with van der Waals surface area (Å²) in [5.74, 6) is 0. The zero-order valence-electron chi connectivity index (χ0n) is 17.2. The van der Waals surface area contributed by atoms with Crippen molar-refractivity contribution in [2.45, 2.75) is 32.4 Å². The van der Waals surface area contributed by atoms with E-state index in [0.717, 1.165) is 11.1 Å². The highest BCUT2D eigenvalue weighted by atomic mass is 35.5. The lowest BCUT2D eigenvalue weighted by atomic mass is 10.0. The number of nitrogens with zero attached hydrogens (tertiary/aromatic N) is 5. The summed E-state index contributed by atoms with van der Waals surface area (Å²) >= 11 is 6.03. The molecule has 1 atom stereocenters. The maximum Gasteiger partial charge on any atom is 0.261 e. The molecule has 1 aromatic carbocycles. The minimum Gasteiger partial charge on any atom is -0.388 e. The number of aliphatic hydroxyl groups is 1. The predicted molar refractivity (Wildman–Crippen MR) is 117 cm³/mol. The summed E-state index contributed by atoms with van der Waals surface area (Å²) in [6.45, 7) is 5.13. The molecule has 1 N–H and O–H groups in total. The molecule has 7 nitrogen and oxygen atoms in total. The van der Waals surface area contributed by atoms with Crippen molar-refractivity contribution in [1.29, 1.82) is 0 Å². The first-order valence-electron chi connectivity index (χ1n) is 9.54. The number of benzene rings is 1. The van der Waals surface area contributed by atoms with Gasteiger partial charge in [-0.05, 0) is 39.0 Å². The standard InChI is InChI=1S/C22H22ClN5O2/c1-13(22(2,3)30)28-12-24-20-17(21(28)29)9-18(14-5-7-16(23)8-6-14)26-19(20)15-10-25-27(4)11-15/h5-13,30H,1-4H3/t13-/m0/s1. The monoisotopic (exact) mass is 423 g/mol. The van der Waals surface area contributed by atoms with Gasteiger partial charge in [-0.1, -0.05) is 23.7 Å². The average molecular weight is 424 g/mol. The Bertz CT molecular complexity index is 1290. The fraction of sp³-hybridized carbons (Fsp3) is 0.273.